The number of hydrogen-bond acceptors (Lipinski definition) is 6. The van der Waals surface area contributed by atoms with Gasteiger partial charge < -0.3 is 10.6 Å². The van der Waals surface area contributed by atoms with Crippen molar-refractivity contribution in [2.75, 3.05) is 5.32 Å². The number of benzene rings is 1. The molecule has 9 heteroatoms. The van der Waals surface area contributed by atoms with Crippen LogP contribution < -0.4 is 10.6 Å². The maximum Gasteiger partial charge on any atom is 0.234 e. The van der Waals surface area contributed by atoms with Gasteiger partial charge in [0.15, 0.2) is 10.9 Å². The smallest absolute Gasteiger partial charge is 0.234 e. The zero-order valence-electron chi connectivity index (χ0n) is 14.1. The predicted octanol–water partition coefficient (Wildman–Crippen LogP) is 3.02. The molecule has 0 aliphatic heterocycles. The molecular weight excluding hydrogens is 356 g/mol. The van der Waals surface area contributed by atoms with E-state index in [1.165, 1.54) is 11.3 Å². The number of rotatable bonds is 4. The Morgan fingerprint density at radius 2 is 2.00 bits per heavy atom. The fourth-order valence-corrected chi connectivity index (χ4v) is 3.36. The molecule has 0 atom stereocenters. The molecular formula is C16H18N6OS2. The minimum absolute atomic E-state index is 0.0840. The summed E-state index contributed by atoms with van der Waals surface area (Å²) < 4.78 is 1.73. The summed E-state index contributed by atoms with van der Waals surface area (Å²) in [6, 6.07) is 7.68. The van der Waals surface area contributed by atoms with Crippen LogP contribution in [-0.4, -0.2) is 30.8 Å². The molecule has 0 aliphatic rings. The first-order valence-corrected chi connectivity index (χ1v) is 9.05. The van der Waals surface area contributed by atoms with Gasteiger partial charge in [-0.05, 0) is 49.3 Å². The monoisotopic (exact) mass is 374 g/mol. The van der Waals surface area contributed by atoms with Gasteiger partial charge in [0.2, 0.25) is 10.9 Å². The van der Waals surface area contributed by atoms with Gasteiger partial charge in [0.25, 0.3) is 0 Å². The Kier molecular flexibility index (Phi) is 5.05. The molecule has 130 valence electrons. The highest BCUT2D eigenvalue weighted by molar-refractivity contribution is 7.80. The van der Waals surface area contributed by atoms with Gasteiger partial charge >= 0.3 is 0 Å². The summed E-state index contributed by atoms with van der Waals surface area (Å²) in [5.74, 6) is 0.970. The van der Waals surface area contributed by atoms with Crippen molar-refractivity contribution in [2.24, 2.45) is 5.92 Å². The molecule has 3 aromatic rings. The van der Waals surface area contributed by atoms with E-state index >= 15 is 0 Å². The lowest BCUT2D eigenvalue weighted by Crippen LogP contribution is -2.34. The van der Waals surface area contributed by atoms with Gasteiger partial charge in [0.05, 0.1) is 0 Å². The van der Waals surface area contributed by atoms with E-state index in [9.17, 15) is 4.79 Å². The first-order chi connectivity index (χ1) is 11.9. The summed E-state index contributed by atoms with van der Waals surface area (Å²) in [5, 5.41) is 19.4. The van der Waals surface area contributed by atoms with Crippen molar-refractivity contribution in [3.05, 3.63) is 30.1 Å². The molecule has 2 N–H and O–H groups in total. The van der Waals surface area contributed by atoms with Crippen molar-refractivity contribution < 1.29 is 4.79 Å². The molecule has 0 radical (unpaired) electrons. The highest BCUT2D eigenvalue weighted by atomic mass is 32.1. The predicted molar refractivity (Wildman–Crippen MR) is 103 cm³/mol. The molecule has 1 amide bonds. The lowest BCUT2D eigenvalue weighted by atomic mass is 10.1. The maximum atomic E-state index is 11.7. The number of hydrogen-bond donors (Lipinski definition) is 2. The zero-order chi connectivity index (χ0) is 18.0. The van der Waals surface area contributed by atoms with Crippen LogP contribution in [0.2, 0.25) is 0 Å². The highest BCUT2D eigenvalue weighted by Crippen LogP contribution is 2.26. The fraction of sp³-hybridized carbons (Fsp3) is 0.312. The van der Waals surface area contributed by atoms with Crippen LogP contribution in [0.4, 0.5) is 5.69 Å². The van der Waals surface area contributed by atoms with Crippen molar-refractivity contribution in [2.45, 2.75) is 27.2 Å². The Bertz CT molecular complexity index is 913. The molecule has 0 aliphatic carbocycles. The van der Waals surface area contributed by atoms with E-state index in [0.717, 1.165) is 27.0 Å². The third-order valence-electron chi connectivity index (χ3n) is 3.38. The van der Waals surface area contributed by atoms with E-state index in [1.807, 2.05) is 45.0 Å². The Hall–Kier alpha value is -2.39. The van der Waals surface area contributed by atoms with E-state index < -0.39 is 0 Å². The van der Waals surface area contributed by atoms with Crippen LogP contribution in [0.15, 0.2) is 24.3 Å². The molecule has 0 bridgehead atoms. The van der Waals surface area contributed by atoms with Crippen LogP contribution in [-0.2, 0) is 4.79 Å². The maximum absolute atomic E-state index is 11.7. The standard InChI is InChI=1S/C16H18N6OS2/c1-9(2)8-13(23)18-15(24)17-12-6-4-11(5-7-12)14-21-22-10(3)19-20-16(22)25-14/h4-7,9H,8H2,1-3H3,(H2,17,18,23,24). The van der Waals surface area contributed by atoms with Gasteiger partial charge in [0.1, 0.15) is 5.01 Å². The number of carbonyl (C=O) groups excluding carboxylic acids is 1. The normalized spacial score (nSPS) is 11.0. The molecule has 2 heterocycles. The largest absolute Gasteiger partial charge is 0.332 e. The molecule has 0 saturated carbocycles. The molecule has 0 unspecified atom stereocenters. The lowest BCUT2D eigenvalue weighted by Gasteiger charge is -2.10. The third kappa shape index (κ3) is 4.18. The van der Waals surface area contributed by atoms with Crippen LogP contribution in [0.1, 0.15) is 26.1 Å². The van der Waals surface area contributed by atoms with Crippen LogP contribution in [0.5, 0.6) is 0 Å². The highest BCUT2D eigenvalue weighted by Gasteiger charge is 2.11. The summed E-state index contributed by atoms with van der Waals surface area (Å²) in [6.07, 6.45) is 0.445. The Morgan fingerprint density at radius 1 is 1.28 bits per heavy atom. The van der Waals surface area contributed by atoms with E-state index in [1.54, 1.807) is 4.52 Å². The van der Waals surface area contributed by atoms with Gasteiger partial charge in [-0.15, -0.1) is 10.2 Å². The third-order valence-corrected chi connectivity index (χ3v) is 4.54. The van der Waals surface area contributed by atoms with Crippen LogP contribution in [0, 0.1) is 12.8 Å². The number of anilines is 1. The van der Waals surface area contributed by atoms with Gasteiger partial charge in [-0.3, -0.25) is 4.79 Å². The summed E-state index contributed by atoms with van der Waals surface area (Å²) in [6.45, 7) is 5.84. The van der Waals surface area contributed by atoms with Crippen molar-refractivity contribution in [1.82, 2.24) is 25.1 Å². The van der Waals surface area contributed by atoms with Gasteiger partial charge in [-0.2, -0.15) is 9.61 Å². The average molecular weight is 374 g/mol. The van der Waals surface area contributed by atoms with Gasteiger partial charge in [-0.1, -0.05) is 25.2 Å². The number of carbonyl (C=O) groups is 1. The van der Waals surface area contributed by atoms with Crippen LogP contribution in [0.25, 0.3) is 15.5 Å². The summed E-state index contributed by atoms with van der Waals surface area (Å²) in [5.41, 5.74) is 1.79. The number of aryl methyl sites for hydroxylation is 1. The number of thiocarbonyl (C=S) groups is 1. The second-order valence-corrected chi connectivity index (χ2v) is 7.39. The Labute approximate surface area is 154 Å². The van der Waals surface area contributed by atoms with Gasteiger partial charge in [-0.25, -0.2) is 0 Å². The van der Waals surface area contributed by atoms with Crippen molar-refractivity contribution >= 4 is 45.2 Å². The molecule has 0 fully saturated rings. The average Bonchev–Trinajstić information content (AvgIpc) is 3.09. The lowest BCUT2D eigenvalue weighted by molar-refractivity contribution is -0.120. The molecule has 1 aromatic carbocycles. The summed E-state index contributed by atoms with van der Waals surface area (Å²) in [4.78, 5) is 12.5. The number of amides is 1. The zero-order valence-corrected chi connectivity index (χ0v) is 15.7. The van der Waals surface area contributed by atoms with E-state index in [0.29, 0.717) is 17.5 Å². The minimum Gasteiger partial charge on any atom is -0.332 e. The Balaban J connectivity index is 1.65. The topological polar surface area (TPSA) is 84.2 Å². The molecule has 7 nitrogen and oxygen atoms in total. The number of nitrogens with one attached hydrogen (secondary N) is 2. The number of nitrogens with zero attached hydrogens (tertiary/aromatic N) is 4. The van der Waals surface area contributed by atoms with E-state index in [4.69, 9.17) is 12.2 Å². The first-order valence-electron chi connectivity index (χ1n) is 7.82. The Morgan fingerprint density at radius 3 is 2.64 bits per heavy atom. The molecule has 0 spiro atoms. The summed E-state index contributed by atoms with van der Waals surface area (Å²) in [7, 11) is 0. The van der Waals surface area contributed by atoms with E-state index in [2.05, 4.69) is 25.9 Å². The molecule has 25 heavy (non-hydrogen) atoms. The quantitative estimate of drug-likeness (QED) is 0.683. The SMILES string of the molecule is Cc1nnc2sc(-c3ccc(NC(=S)NC(=O)CC(C)C)cc3)nn12. The summed E-state index contributed by atoms with van der Waals surface area (Å²) >= 11 is 6.65. The van der Waals surface area contributed by atoms with Gasteiger partial charge in [0, 0.05) is 17.7 Å². The second kappa shape index (κ2) is 7.24. The minimum atomic E-state index is -0.0840. The number of aromatic nitrogens is 4. The number of fused-ring (bicyclic) bond motifs is 1. The van der Waals surface area contributed by atoms with Crippen molar-refractivity contribution in [3.63, 3.8) is 0 Å². The van der Waals surface area contributed by atoms with Crippen LogP contribution >= 0.6 is 23.6 Å². The molecule has 3 rings (SSSR count). The van der Waals surface area contributed by atoms with Crippen LogP contribution in [0.3, 0.4) is 0 Å². The second-order valence-electron chi connectivity index (χ2n) is 6.03. The first kappa shape index (κ1) is 17.4. The molecule has 0 saturated heterocycles. The molecule has 2 aromatic heterocycles. The van der Waals surface area contributed by atoms with Crippen molar-refractivity contribution in [3.8, 4) is 10.6 Å². The van der Waals surface area contributed by atoms with E-state index in [-0.39, 0.29) is 5.91 Å². The fourth-order valence-electron chi connectivity index (χ4n) is 2.24. The van der Waals surface area contributed by atoms with Crippen molar-refractivity contribution in [1.29, 1.82) is 0 Å².